The monoisotopic (exact) mass is 317 g/mol. The fourth-order valence-corrected chi connectivity index (χ4v) is 2.19. The van der Waals surface area contributed by atoms with Crippen LogP contribution in [0.15, 0.2) is 47.4 Å². The zero-order valence-electron chi connectivity index (χ0n) is 12.5. The number of fused-ring (bicyclic) bond motifs is 1. The number of carbonyl (C=O) groups excluding carboxylic acids is 1. The van der Waals surface area contributed by atoms with Crippen LogP contribution in [0.1, 0.15) is 10.5 Å². The molecule has 0 fully saturated rings. The van der Waals surface area contributed by atoms with Crippen molar-refractivity contribution in [1.82, 2.24) is 14.3 Å². The van der Waals surface area contributed by atoms with E-state index >= 15 is 0 Å². The molecular formula is C16H13F2N3O2. The summed E-state index contributed by atoms with van der Waals surface area (Å²) in [5, 5.41) is 0. The van der Waals surface area contributed by atoms with Crippen molar-refractivity contribution in [2.45, 2.75) is 0 Å². The molecule has 2 aromatic heterocycles. The zero-order chi connectivity index (χ0) is 16.6. The molecule has 0 aliphatic rings. The van der Waals surface area contributed by atoms with Gasteiger partial charge in [-0.2, -0.15) is 4.98 Å². The summed E-state index contributed by atoms with van der Waals surface area (Å²) in [4.78, 5) is 18.3. The molecule has 2 heterocycles. The van der Waals surface area contributed by atoms with Gasteiger partial charge in [-0.05, 0) is 12.1 Å². The highest BCUT2D eigenvalue weighted by molar-refractivity contribution is 6.07. The zero-order valence-corrected chi connectivity index (χ0v) is 12.5. The van der Waals surface area contributed by atoms with Crippen molar-refractivity contribution >= 4 is 11.6 Å². The summed E-state index contributed by atoms with van der Waals surface area (Å²) >= 11 is 0. The van der Waals surface area contributed by atoms with Crippen molar-refractivity contribution in [3.8, 4) is 11.3 Å². The number of benzene rings is 1. The molecule has 1 aromatic carbocycles. The molecule has 0 aliphatic heterocycles. The second kappa shape index (κ2) is 5.68. The maximum Gasteiger partial charge on any atom is 0.306 e. The average Bonchev–Trinajstić information content (AvgIpc) is 3.05. The molecule has 7 heteroatoms. The predicted octanol–water partition coefficient (Wildman–Crippen LogP) is 3.13. The van der Waals surface area contributed by atoms with E-state index in [-0.39, 0.29) is 28.6 Å². The Morgan fingerprint density at radius 1 is 1.35 bits per heavy atom. The first-order chi connectivity index (χ1) is 11.0. The molecular weight excluding hydrogens is 304 g/mol. The summed E-state index contributed by atoms with van der Waals surface area (Å²) in [5.74, 6) is -1.71. The first-order valence-corrected chi connectivity index (χ1v) is 6.77. The summed E-state index contributed by atoms with van der Waals surface area (Å²) in [6.45, 7) is 0. The predicted molar refractivity (Wildman–Crippen MR) is 80.0 cm³/mol. The lowest BCUT2D eigenvalue weighted by Crippen LogP contribution is -2.06. The maximum atomic E-state index is 14.1. The number of carbonyl (C=O) groups is 1. The smallest absolute Gasteiger partial charge is 0.306 e. The van der Waals surface area contributed by atoms with Gasteiger partial charge in [0.15, 0.2) is 0 Å². The lowest BCUT2D eigenvalue weighted by Gasteiger charge is -2.05. The molecule has 0 radical (unpaired) electrons. The van der Waals surface area contributed by atoms with Crippen LogP contribution >= 0.6 is 0 Å². The van der Waals surface area contributed by atoms with Crippen LogP contribution in [0.4, 0.5) is 8.78 Å². The van der Waals surface area contributed by atoms with Crippen molar-refractivity contribution in [2.24, 2.45) is 0 Å². The minimum absolute atomic E-state index is 0.0342. The van der Waals surface area contributed by atoms with Gasteiger partial charge in [0.2, 0.25) is 5.78 Å². The van der Waals surface area contributed by atoms with E-state index in [1.165, 1.54) is 29.0 Å². The third kappa shape index (κ3) is 2.73. The second-order valence-corrected chi connectivity index (χ2v) is 5.13. The van der Waals surface area contributed by atoms with Gasteiger partial charge in [-0.25, -0.2) is 8.78 Å². The van der Waals surface area contributed by atoms with Crippen LogP contribution in [0.25, 0.3) is 17.1 Å². The summed E-state index contributed by atoms with van der Waals surface area (Å²) in [6, 6.07) is 3.11. The standard InChI is InChI=1S/C16H13F2N3O2/c1-20(2)6-5-13(22)15-14(19-16-21(15)7-8-23-16)11-4-3-10(17)9-12(11)18/h3-9H,1-2H3/b6-5+. The van der Waals surface area contributed by atoms with E-state index in [1.807, 2.05) is 0 Å². The lowest BCUT2D eigenvalue weighted by molar-refractivity contribution is 0.104. The number of allylic oxidation sites excluding steroid dienone is 1. The SMILES string of the molecule is CN(C)/C=C/C(=O)c1c(-c2ccc(F)cc2F)nc2occn12. The van der Waals surface area contributed by atoms with Crippen molar-refractivity contribution in [1.29, 1.82) is 0 Å². The van der Waals surface area contributed by atoms with E-state index in [9.17, 15) is 13.6 Å². The van der Waals surface area contributed by atoms with Crippen LogP contribution in [-0.4, -0.2) is 34.2 Å². The van der Waals surface area contributed by atoms with Gasteiger partial charge in [0.05, 0.1) is 0 Å². The fraction of sp³-hybridized carbons (Fsp3) is 0.125. The first-order valence-electron chi connectivity index (χ1n) is 6.77. The highest BCUT2D eigenvalue weighted by Crippen LogP contribution is 2.28. The molecule has 0 amide bonds. The van der Waals surface area contributed by atoms with Gasteiger partial charge in [0.1, 0.15) is 29.3 Å². The van der Waals surface area contributed by atoms with Crippen molar-refractivity contribution < 1.29 is 18.0 Å². The fourth-order valence-electron chi connectivity index (χ4n) is 2.19. The van der Waals surface area contributed by atoms with E-state index in [1.54, 1.807) is 25.2 Å². The van der Waals surface area contributed by atoms with Crippen molar-refractivity contribution in [3.05, 3.63) is 60.3 Å². The van der Waals surface area contributed by atoms with Gasteiger partial charge in [-0.15, -0.1) is 0 Å². The highest BCUT2D eigenvalue weighted by Gasteiger charge is 2.22. The van der Waals surface area contributed by atoms with Gasteiger partial charge in [0, 0.05) is 44.2 Å². The molecule has 23 heavy (non-hydrogen) atoms. The summed E-state index contributed by atoms with van der Waals surface area (Å²) in [7, 11) is 3.54. The Morgan fingerprint density at radius 2 is 2.13 bits per heavy atom. The maximum absolute atomic E-state index is 14.1. The van der Waals surface area contributed by atoms with Gasteiger partial charge in [-0.3, -0.25) is 9.20 Å². The van der Waals surface area contributed by atoms with E-state index in [0.29, 0.717) is 0 Å². The number of nitrogens with zero attached hydrogens (tertiary/aromatic N) is 3. The van der Waals surface area contributed by atoms with E-state index < -0.39 is 11.6 Å². The Kier molecular flexibility index (Phi) is 3.69. The minimum atomic E-state index is -0.795. The Hall–Kier alpha value is -2.96. The van der Waals surface area contributed by atoms with Crippen LogP contribution in [0, 0.1) is 11.6 Å². The topological polar surface area (TPSA) is 50.8 Å². The van der Waals surface area contributed by atoms with Gasteiger partial charge in [0.25, 0.3) is 0 Å². The molecule has 5 nitrogen and oxygen atoms in total. The first kappa shape index (κ1) is 15.0. The molecule has 118 valence electrons. The largest absolute Gasteiger partial charge is 0.432 e. The molecule has 0 unspecified atom stereocenters. The molecule has 0 saturated heterocycles. The van der Waals surface area contributed by atoms with Gasteiger partial charge < -0.3 is 9.32 Å². The molecule has 3 aromatic rings. The Bertz CT molecular complexity index is 909. The van der Waals surface area contributed by atoms with Gasteiger partial charge >= 0.3 is 5.84 Å². The van der Waals surface area contributed by atoms with Crippen LogP contribution in [0.3, 0.4) is 0 Å². The summed E-state index contributed by atoms with van der Waals surface area (Å²) in [6.07, 6.45) is 5.82. The second-order valence-electron chi connectivity index (χ2n) is 5.13. The number of ketones is 1. The Balaban J connectivity index is 2.19. The third-order valence-electron chi connectivity index (χ3n) is 3.21. The van der Waals surface area contributed by atoms with Crippen molar-refractivity contribution in [3.63, 3.8) is 0 Å². The number of rotatable bonds is 4. The normalized spacial score (nSPS) is 11.5. The Morgan fingerprint density at radius 3 is 2.83 bits per heavy atom. The third-order valence-corrected chi connectivity index (χ3v) is 3.21. The van der Waals surface area contributed by atoms with Crippen LogP contribution in [-0.2, 0) is 0 Å². The number of oxazole rings is 1. The van der Waals surface area contributed by atoms with Crippen LogP contribution < -0.4 is 0 Å². The molecule has 0 saturated carbocycles. The summed E-state index contributed by atoms with van der Waals surface area (Å²) in [5.41, 5.74) is 0.291. The quantitative estimate of drug-likeness (QED) is 0.548. The van der Waals surface area contributed by atoms with Crippen molar-refractivity contribution in [2.75, 3.05) is 14.1 Å². The average molecular weight is 317 g/mol. The molecule has 0 bridgehead atoms. The molecule has 0 atom stereocenters. The highest BCUT2D eigenvalue weighted by atomic mass is 19.1. The van der Waals surface area contributed by atoms with E-state index in [0.717, 1.165) is 12.1 Å². The minimum Gasteiger partial charge on any atom is -0.432 e. The number of halogens is 2. The number of imidazole rings is 1. The van der Waals surface area contributed by atoms with E-state index in [2.05, 4.69) is 4.98 Å². The van der Waals surface area contributed by atoms with Crippen LogP contribution in [0.5, 0.6) is 0 Å². The molecule has 0 aliphatic carbocycles. The molecule has 0 N–H and O–H groups in total. The van der Waals surface area contributed by atoms with Crippen LogP contribution in [0.2, 0.25) is 0 Å². The molecule has 0 spiro atoms. The number of hydrogen-bond acceptors (Lipinski definition) is 4. The Labute approximate surface area is 130 Å². The number of aromatic nitrogens is 2. The van der Waals surface area contributed by atoms with Gasteiger partial charge in [-0.1, -0.05) is 0 Å². The molecule has 3 rings (SSSR count). The lowest BCUT2D eigenvalue weighted by atomic mass is 10.1. The number of hydrogen-bond donors (Lipinski definition) is 0. The summed E-state index contributed by atoms with van der Waals surface area (Å²) < 4.78 is 33.8. The van der Waals surface area contributed by atoms with E-state index in [4.69, 9.17) is 4.42 Å².